The van der Waals surface area contributed by atoms with Gasteiger partial charge in [-0.25, -0.2) is 9.97 Å². The number of nitrogens with one attached hydrogen (secondary N) is 1. The summed E-state index contributed by atoms with van der Waals surface area (Å²) in [6.45, 7) is 2.29. The standard InChI is InChI=1S/C14H13Cl2F3N4/c1-2-10-12(16)13(23-7-22-10)20-4-3-11-9(15)5-8(6-21-11)14(17,18)19/h5-7H,2-4H2,1H3,(H,20,22,23). The Morgan fingerprint density at radius 1 is 1.13 bits per heavy atom. The molecule has 2 heterocycles. The molecule has 0 saturated heterocycles. The monoisotopic (exact) mass is 364 g/mol. The zero-order valence-corrected chi connectivity index (χ0v) is 13.6. The van der Waals surface area contributed by atoms with E-state index in [2.05, 4.69) is 20.3 Å². The number of aryl methyl sites for hydroxylation is 1. The maximum Gasteiger partial charge on any atom is 0.417 e. The van der Waals surface area contributed by atoms with Crippen molar-refractivity contribution in [1.82, 2.24) is 15.0 Å². The molecule has 0 aliphatic rings. The summed E-state index contributed by atoms with van der Waals surface area (Å²) >= 11 is 12.0. The third-order valence-corrected chi connectivity index (χ3v) is 3.82. The molecule has 1 N–H and O–H groups in total. The second kappa shape index (κ2) is 7.31. The number of hydrogen-bond donors (Lipinski definition) is 1. The lowest BCUT2D eigenvalue weighted by Crippen LogP contribution is -2.11. The van der Waals surface area contributed by atoms with Crippen LogP contribution in [-0.2, 0) is 19.0 Å². The summed E-state index contributed by atoms with van der Waals surface area (Å²) in [6, 6.07) is 0.872. The van der Waals surface area contributed by atoms with E-state index >= 15 is 0 Å². The van der Waals surface area contributed by atoms with Crippen molar-refractivity contribution >= 4 is 29.0 Å². The van der Waals surface area contributed by atoms with Gasteiger partial charge in [0.15, 0.2) is 0 Å². The molecule has 2 aromatic heterocycles. The van der Waals surface area contributed by atoms with Crippen LogP contribution in [0.2, 0.25) is 10.0 Å². The van der Waals surface area contributed by atoms with Gasteiger partial charge in [0, 0.05) is 19.2 Å². The number of aromatic nitrogens is 3. The van der Waals surface area contributed by atoms with Crippen molar-refractivity contribution < 1.29 is 13.2 Å². The van der Waals surface area contributed by atoms with Gasteiger partial charge in [0.05, 0.1) is 22.0 Å². The fourth-order valence-corrected chi connectivity index (χ4v) is 2.44. The van der Waals surface area contributed by atoms with Crippen LogP contribution < -0.4 is 5.32 Å². The molecule has 124 valence electrons. The molecular formula is C14H13Cl2F3N4. The molecule has 0 bridgehead atoms. The number of halogens is 5. The highest BCUT2D eigenvalue weighted by molar-refractivity contribution is 6.33. The predicted molar refractivity (Wildman–Crippen MR) is 82.9 cm³/mol. The van der Waals surface area contributed by atoms with E-state index in [0.29, 0.717) is 35.9 Å². The van der Waals surface area contributed by atoms with Crippen molar-refractivity contribution in [2.24, 2.45) is 0 Å². The summed E-state index contributed by atoms with van der Waals surface area (Å²) in [6.07, 6.45) is -1.29. The molecule has 0 saturated carbocycles. The topological polar surface area (TPSA) is 50.7 Å². The normalized spacial score (nSPS) is 11.6. The molecule has 2 rings (SSSR count). The minimum atomic E-state index is -4.46. The van der Waals surface area contributed by atoms with E-state index in [1.807, 2.05) is 6.92 Å². The van der Waals surface area contributed by atoms with Crippen LogP contribution in [0.5, 0.6) is 0 Å². The van der Waals surface area contributed by atoms with Gasteiger partial charge in [-0.15, -0.1) is 0 Å². The maximum absolute atomic E-state index is 12.5. The Labute approximate surface area is 141 Å². The van der Waals surface area contributed by atoms with Crippen LogP contribution in [0.3, 0.4) is 0 Å². The van der Waals surface area contributed by atoms with Crippen molar-refractivity contribution in [1.29, 1.82) is 0 Å². The molecule has 0 aromatic carbocycles. The van der Waals surface area contributed by atoms with Crippen molar-refractivity contribution in [3.8, 4) is 0 Å². The Balaban J connectivity index is 2.02. The van der Waals surface area contributed by atoms with Crippen LogP contribution in [0.4, 0.5) is 19.0 Å². The zero-order valence-electron chi connectivity index (χ0n) is 12.1. The van der Waals surface area contributed by atoms with Gasteiger partial charge >= 0.3 is 6.18 Å². The van der Waals surface area contributed by atoms with E-state index in [-0.39, 0.29) is 5.02 Å². The summed E-state index contributed by atoms with van der Waals surface area (Å²) in [5.41, 5.74) is 0.216. The van der Waals surface area contributed by atoms with Gasteiger partial charge in [-0.3, -0.25) is 4.98 Å². The Bertz CT molecular complexity index is 692. The fraction of sp³-hybridized carbons (Fsp3) is 0.357. The maximum atomic E-state index is 12.5. The summed E-state index contributed by atoms with van der Waals surface area (Å²) in [4.78, 5) is 11.9. The van der Waals surface area contributed by atoms with E-state index in [1.165, 1.54) is 6.33 Å². The van der Waals surface area contributed by atoms with E-state index in [1.54, 1.807) is 0 Å². The lowest BCUT2D eigenvalue weighted by Gasteiger charge is -2.11. The average molecular weight is 365 g/mol. The molecular weight excluding hydrogens is 352 g/mol. The average Bonchev–Trinajstić information content (AvgIpc) is 2.49. The quantitative estimate of drug-likeness (QED) is 0.853. The van der Waals surface area contributed by atoms with Crippen molar-refractivity contribution in [3.05, 3.63) is 45.6 Å². The number of alkyl halides is 3. The highest BCUT2D eigenvalue weighted by Crippen LogP contribution is 2.31. The van der Waals surface area contributed by atoms with Crippen molar-refractivity contribution in [3.63, 3.8) is 0 Å². The van der Waals surface area contributed by atoms with Gasteiger partial charge in [0.2, 0.25) is 0 Å². The first-order chi connectivity index (χ1) is 10.8. The molecule has 2 aromatic rings. The van der Waals surface area contributed by atoms with Gasteiger partial charge in [-0.1, -0.05) is 30.1 Å². The smallest absolute Gasteiger partial charge is 0.368 e. The van der Waals surface area contributed by atoms with Crippen molar-refractivity contribution in [2.75, 3.05) is 11.9 Å². The largest absolute Gasteiger partial charge is 0.417 e. The first kappa shape index (κ1) is 17.7. The van der Waals surface area contributed by atoms with Crippen LogP contribution in [-0.4, -0.2) is 21.5 Å². The van der Waals surface area contributed by atoms with E-state index in [0.717, 1.165) is 18.0 Å². The Kier molecular flexibility index (Phi) is 5.64. The predicted octanol–water partition coefficient (Wildman–Crippen LogP) is 4.41. The summed E-state index contributed by atoms with van der Waals surface area (Å²) < 4.78 is 37.6. The molecule has 23 heavy (non-hydrogen) atoms. The van der Waals surface area contributed by atoms with Crippen molar-refractivity contribution in [2.45, 2.75) is 25.9 Å². The molecule has 0 atom stereocenters. The lowest BCUT2D eigenvalue weighted by atomic mass is 10.2. The zero-order chi connectivity index (χ0) is 17.0. The second-order valence-corrected chi connectivity index (χ2v) is 5.45. The molecule has 0 spiro atoms. The Morgan fingerprint density at radius 2 is 1.87 bits per heavy atom. The number of anilines is 1. The molecule has 0 amide bonds. The van der Waals surface area contributed by atoms with Crippen LogP contribution in [0.1, 0.15) is 23.9 Å². The number of nitrogens with zero attached hydrogens (tertiary/aromatic N) is 3. The van der Waals surface area contributed by atoms with E-state index in [9.17, 15) is 13.2 Å². The summed E-state index contributed by atoms with van der Waals surface area (Å²) in [5, 5.41) is 3.41. The number of hydrogen-bond acceptors (Lipinski definition) is 4. The SMILES string of the molecule is CCc1ncnc(NCCc2ncc(C(F)(F)F)cc2Cl)c1Cl. The first-order valence-corrected chi connectivity index (χ1v) is 7.53. The van der Waals surface area contributed by atoms with Crippen LogP contribution in [0, 0.1) is 0 Å². The molecule has 0 aliphatic heterocycles. The number of pyridine rings is 1. The van der Waals surface area contributed by atoms with Crippen LogP contribution >= 0.6 is 23.2 Å². The summed E-state index contributed by atoms with van der Waals surface area (Å²) in [7, 11) is 0. The third-order valence-electron chi connectivity index (χ3n) is 3.10. The fourth-order valence-electron chi connectivity index (χ4n) is 1.88. The Morgan fingerprint density at radius 3 is 2.48 bits per heavy atom. The lowest BCUT2D eigenvalue weighted by molar-refractivity contribution is -0.137. The van der Waals surface area contributed by atoms with Gasteiger partial charge in [-0.05, 0) is 12.5 Å². The van der Waals surface area contributed by atoms with Gasteiger partial charge < -0.3 is 5.32 Å². The summed E-state index contributed by atoms with van der Waals surface area (Å²) in [5.74, 6) is 0.474. The highest BCUT2D eigenvalue weighted by atomic mass is 35.5. The van der Waals surface area contributed by atoms with Gasteiger partial charge in [0.1, 0.15) is 17.2 Å². The molecule has 0 aliphatic carbocycles. The molecule has 9 heteroatoms. The van der Waals surface area contributed by atoms with E-state index < -0.39 is 11.7 Å². The molecule has 0 unspecified atom stereocenters. The second-order valence-electron chi connectivity index (χ2n) is 4.66. The first-order valence-electron chi connectivity index (χ1n) is 6.77. The van der Waals surface area contributed by atoms with E-state index in [4.69, 9.17) is 23.2 Å². The molecule has 4 nitrogen and oxygen atoms in total. The molecule has 0 fully saturated rings. The van der Waals surface area contributed by atoms with Crippen LogP contribution in [0.25, 0.3) is 0 Å². The molecule has 0 radical (unpaired) electrons. The highest BCUT2D eigenvalue weighted by Gasteiger charge is 2.31. The van der Waals surface area contributed by atoms with Gasteiger partial charge in [-0.2, -0.15) is 13.2 Å². The van der Waals surface area contributed by atoms with Gasteiger partial charge in [0.25, 0.3) is 0 Å². The number of rotatable bonds is 5. The minimum absolute atomic E-state index is 0.0235. The van der Waals surface area contributed by atoms with Crippen LogP contribution in [0.15, 0.2) is 18.6 Å². The minimum Gasteiger partial charge on any atom is -0.368 e. The third kappa shape index (κ3) is 4.45. The Hall–Kier alpha value is -1.60.